The van der Waals surface area contributed by atoms with E-state index in [-0.39, 0.29) is 12.2 Å². The lowest BCUT2D eigenvalue weighted by Crippen LogP contribution is -2.11. The van der Waals surface area contributed by atoms with Crippen LogP contribution in [0.15, 0.2) is 42.5 Å². The summed E-state index contributed by atoms with van der Waals surface area (Å²) in [5.41, 5.74) is 6.65. The Morgan fingerprint density at radius 1 is 1.29 bits per heavy atom. The number of nitrogens with one attached hydrogen (secondary N) is 1. The van der Waals surface area contributed by atoms with E-state index in [1.54, 1.807) is 36.4 Å². The van der Waals surface area contributed by atoms with Crippen molar-refractivity contribution in [1.82, 2.24) is 0 Å². The molecule has 0 aliphatic rings. The van der Waals surface area contributed by atoms with Crippen LogP contribution in [0, 0.1) is 10.1 Å². The zero-order chi connectivity index (χ0) is 15.4. The van der Waals surface area contributed by atoms with E-state index in [1.165, 1.54) is 6.07 Å². The Kier molecular flexibility index (Phi) is 4.39. The second-order valence-electron chi connectivity index (χ2n) is 4.33. The van der Waals surface area contributed by atoms with Crippen LogP contribution >= 0.6 is 11.6 Å². The van der Waals surface area contributed by atoms with E-state index in [0.717, 1.165) is 0 Å². The van der Waals surface area contributed by atoms with E-state index < -0.39 is 10.8 Å². The van der Waals surface area contributed by atoms with Gasteiger partial charge in [-0.05, 0) is 30.3 Å². The Morgan fingerprint density at radius 2 is 2.05 bits per heavy atom. The summed E-state index contributed by atoms with van der Waals surface area (Å²) in [7, 11) is 0. The van der Waals surface area contributed by atoms with E-state index >= 15 is 0 Å². The molecule has 0 fully saturated rings. The number of anilines is 1. The van der Waals surface area contributed by atoms with Crippen LogP contribution < -0.4 is 11.1 Å². The summed E-state index contributed by atoms with van der Waals surface area (Å²) in [5, 5.41) is 14.3. The monoisotopic (exact) mass is 305 g/mol. The summed E-state index contributed by atoms with van der Waals surface area (Å²) in [6, 6.07) is 11.1. The molecule has 2 rings (SSSR count). The fourth-order valence-corrected chi connectivity index (χ4v) is 2.00. The third-order valence-electron chi connectivity index (χ3n) is 2.87. The largest absolute Gasteiger partial charge is 0.381 e. The number of amides is 1. The second-order valence-corrected chi connectivity index (χ2v) is 4.77. The predicted molar refractivity (Wildman–Crippen MR) is 80.4 cm³/mol. The van der Waals surface area contributed by atoms with Crippen molar-refractivity contribution < 1.29 is 9.72 Å². The number of halogens is 1. The number of primary amides is 1. The van der Waals surface area contributed by atoms with Gasteiger partial charge in [0.25, 0.3) is 5.69 Å². The number of nitrogens with zero attached hydrogens (tertiary/aromatic N) is 1. The van der Waals surface area contributed by atoms with Gasteiger partial charge in [-0.25, -0.2) is 0 Å². The zero-order valence-corrected chi connectivity index (χ0v) is 11.6. The normalized spacial score (nSPS) is 10.1. The number of hydrogen-bond donors (Lipinski definition) is 2. The lowest BCUT2D eigenvalue weighted by molar-refractivity contribution is -0.385. The van der Waals surface area contributed by atoms with Gasteiger partial charge >= 0.3 is 0 Å². The first-order chi connectivity index (χ1) is 9.97. The second kappa shape index (κ2) is 6.23. The molecule has 0 heterocycles. The number of nitro benzene ring substituents is 1. The van der Waals surface area contributed by atoms with Crippen LogP contribution in [0.2, 0.25) is 5.02 Å². The van der Waals surface area contributed by atoms with Gasteiger partial charge in [0, 0.05) is 34.4 Å². The number of carbonyl (C=O) groups excluding carboxylic acids is 1. The Balaban J connectivity index is 2.18. The smallest absolute Gasteiger partial charge is 0.275 e. The van der Waals surface area contributed by atoms with E-state index in [4.69, 9.17) is 17.3 Å². The van der Waals surface area contributed by atoms with Crippen LogP contribution in [0.5, 0.6) is 0 Å². The highest BCUT2D eigenvalue weighted by Gasteiger charge is 2.14. The molecule has 0 aliphatic heterocycles. The number of carbonyl (C=O) groups is 1. The van der Waals surface area contributed by atoms with Crippen LogP contribution in [0.3, 0.4) is 0 Å². The van der Waals surface area contributed by atoms with Crippen LogP contribution in [0.25, 0.3) is 0 Å². The molecule has 21 heavy (non-hydrogen) atoms. The van der Waals surface area contributed by atoms with Crippen molar-refractivity contribution in [2.24, 2.45) is 5.73 Å². The molecule has 108 valence electrons. The third-order valence-corrected chi connectivity index (χ3v) is 3.11. The minimum absolute atomic E-state index is 0.0546. The van der Waals surface area contributed by atoms with Crippen molar-refractivity contribution >= 4 is 28.9 Å². The van der Waals surface area contributed by atoms with E-state index in [0.29, 0.717) is 21.8 Å². The van der Waals surface area contributed by atoms with E-state index in [2.05, 4.69) is 5.32 Å². The van der Waals surface area contributed by atoms with Gasteiger partial charge in [-0.15, -0.1) is 0 Å². The molecule has 0 unspecified atom stereocenters. The van der Waals surface area contributed by atoms with Gasteiger partial charge in [0.15, 0.2) is 0 Å². The number of nitro groups is 1. The first-order valence-corrected chi connectivity index (χ1v) is 6.42. The Morgan fingerprint density at radius 3 is 2.71 bits per heavy atom. The molecular formula is C14H12ClN3O3. The van der Waals surface area contributed by atoms with Gasteiger partial charge in [-0.1, -0.05) is 17.7 Å². The van der Waals surface area contributed by atoms with Crippen LogP contribution in [-0.2, 0) is 6.54 Å². The quantitative estimate of drug-likeness (QED) is 0.655. The van der Waals surface area contributed by atoms with Gasteiger partial charge in [0.05, 0.1) is 4.92 Å². The molecule has 0 spiro atoms. The highest BCUT2D eigenvalue weighted by molar-refractivity contribution is 6.30. The molecular weight excluding hydrogens is 294 g/mol. The average Bonchev–Trinajstić information content (AvgIpc) is 2.46. The fourth-order valence-electron chi connectivity index (χ4n) is 1.84. The molecule has 6 nitrogen and oxygen atoms in total. The lowest BCUT2D eigenvalue weighted by Gasteiger charge is -2.08. The number of benzene rings is 2. The molecule has 0 saturated carbocycles. The molecule has 1 amide bonds. The van der Waals surface area contributed by atoms with Crippen molar-refractivity contribution in [3.8, 4) is 0 Å². The van der Waals surface area contributed by atoms with E-state index in [1.807, 2.05) is 0 Å². The summed E-state index contributed by atoms with van der Waals surface area (Å²) < 4.78 is 0. The Hall–Kier alpha value is -2.60. The number of rotatable bonds is 5. The van der Waals surface area contributed by atoms with Crippen LogP contribution in [0.4, 0.5) is 11.4 Å². The highest BCUT2D eigenvalue weighted by Crippen LogP contribution is 2.24. The molecule has 7 heteroatoms. The average molecular weight is 306 g/mol. The van der Waals surface area contributed by atoms with Crippen molar-refractivity contribution in [2.75, 3.05) is 5.32 Å². The Labute approximate surface area is 125 Å². The summed E-state index contributed by atoms with van der Waals surface area (Å²) in [5.74, 6) is -0.531. The van der Waals surface area contributed by atoms with Crippen molar-refractivity contribution in [3.63, 3.8) is 0 Å². The molecule has 0 atom stereocenters. The molecule has 3 N–H and O–H groups in total. The number of nitrogens with two attached hydrogens (primary N) is 1. The summed E-state index contributed by atoms with van der Waals surface area (Å²) in [6.07, 6.45) is 0. The molecule has 0 aliphatic carbocycles. The predicted octanol–water partition coefficient (Wildman–Crippen LogP) is 2.96. The standard InChI is InChI=1S/C14H12ClN3O3/c15-11-5-4-10(13(7-11)18(20)21)8-17-12-3-1-2-9(6-12)14(16)19/h1-7,17H,8H2,(H2,16,19). The maximum atomic E-state index is 11.1. The van der Waals surface area contributed by atoms with Gasteiger partial charge in [-0.2, -0.15) is 0 Å². The minimum atomic E-state index is -0.531. The minimum Gasteiger partial charge on any atom is -0.381 e. The van der Waals surface area contributed by atoms with Crippen molar-refractivity contribution in [1.29, 1.82) is 0 Å². The maximum absolute atomic E-state index is 11.1. The van der Waals surface area contributed by atoms with Gasteiger partial charge < -0.3 is 11.1 Å². The van der Waals surface area contributed by atoms with E-state index in [9.17, 15) is 14.9 Å². The molecule has 0 bridgehead atoms. The molecule has 0 radical (unpaired) electrons. The zero-order valence-electron chi connectivity index (χ0n) is 10.9. The molecule has 0 aromatic heterocycles. The summed E-state index contributed by atoms with van der Waals surface area (Å²) in [6.45, 7) is 0.232. The molecule has 2 aromatic carbocycles. The highest BCUT2D eigenvalue weighted by atomic mass is 35.5. The first kappa shape index (κ1) is 14.8. The number of hydrogen-bond acceptors (Lipinski definition) is 4. The first-order valence-electron chi connectivity index (χ1n) is 6.04. The Bertz CT molecular complexity index is 704. The van der Waals surface area contributed by atoms with Crippen molar-refractivity contribution in [3.05, 3.63) is 68.7 Å². The SMILES string of the molecule is NC(=O)c1cccc(NCc2ccc(Cl)cc2[N+](=O)[O-])c1. The van der Waals surface area contributed by atoms with Gasteiger partial charge in [0.1, 0.15) is 0 Å². The third kappa shape index (κ3) is 3.70. The summed E-state index contributed by atoms with van der Waals surface area (Å²) >= 11 is 5.76. The fraction of sp³-hybridized carbons (Fsp3) is 0.0714. The van der Waals surface area contributed by atoms with Crippen LogP contribution in [-0.4, -0.2) is 10.8 Å². The maximum Gasteiger partial charge on any atom is 0.275 e. The lowest BCUT2D eigenvalue weighted by atomic mass is 10.1. The summed E-state index contributed by atoms with van der Waals surface area (Å²) in [4.78, 5) is 21.6. The molecule has 0 saturated heterocycles. The van der Waals surface area contributed by atoms with Gasteiger partial charge in [0.2, 0.25) is 5.91 Å². The van der Waals surface area contributed by atoms with Crippen molar-refractivity contribution in [2.45, 2.75) is 6.54 Å². The van der Waals surface area contributed by atoms with Gasteiger partial charge in [-0.3, -0.25) is 14.9 Å². The molecule has 2 aromatic rings. The van der Waals surface area contributed by atoms with Crippen LogP contribution in [0.1, 0.15) is 15.9 Å². The topological polar surface area (TPSA) is 98.3 Å².